The van der Waals surface area contributed by atoms with Gasteiger partial charge in [0.25, 0.3) is 0 Å². The number of nitrogens with zero attached hydrogens (tertiary/aromatic N) is 1. The summed E-state index contributed by atoms with van der Waals surface area (Å²) >= 11 is 0. The number of sulfonamides is 1. The van der Waals surface area contributed by atoms with Crippen LogP contribution >= 0.6 is 0 Å². The van der Waals surface area contributed by atoms with E-state index in [1.165, 1.54) is 10.6 Å². The molecule has 2 aliphatic rings. The predicted molar refractivity (Wildman–Crippen MR) is 57.6 cm³/mol. The summed E-state index contributed by atoms with van der Waals surface area (Å²) in [5, 5.41) is 11.2. The van der Waals surface area contributed by atoms with E-state index in [0.29, 0.717) is 6.54 Å². The van der Waals surface area contributed by atoms with Gasteiger partial charge in [-0.1, -0.05) is 6.42 Å². The second-order valence-electron chi connectivity index (χ2n) is 4.77. The van der Waals surface area contributed by atoms with Crippen molar-refractivity contribution in [3.8, 4) is 0 Å². The first kappa shape index (κ1) is 11.7. The van der Waals surface area contributed by atoms with E-state index >= 15 is 0 Å². The van der Waals surface area contributed by atoms with Gasteiger partial charge in [0.05, 0.1) is 12.3 Å². The number of carboxylic acid groups (broad SMARTS) is 1. The van der Waals surface area contributed by atoms with Crippen LogP contribution in [0.15, 0.2) is 0 Å². The van der Waals surface area contributed by atoms with Crippen LogP contribution in [0.5, 0.6) is 0 Å². The van der Waals surface area contributed by atoms with Gasteiger partial charge in [0, 0.05) is 18.5 Å². The molecule has 0 radical (unpaired) electrons. The number of nitrogens with one attached hydrogen (secondary N) is 1. The molecule has 1 aliphatic carbocycles. The second kappa shape index (κ2) is 3.59. The van der Waals surface area contributed by atoms with Gasteiger partial charge in [0.15, 0.2) is 0 Å². The zero-order valence-corrected chi connectivity index (χ0v) is 9.96. The molecule has 2 N–H and O–H groups in total. The van der Waals surface area contributed by atoms with E-state index < -0.39 is 16.1 Å². The number of rotatable bonds is 2. The Bertz CT molecular complexity index is 402. The summed E-state index contributed by atoms with van der Waals surface area (Å²) in [7, 11) is -3.22. The highest BCUT2D eigenvalue weighted by Gasteiger charge is 2.52. The van der Waals surface area contributed by atoms with E-state index in [-0.39, 0.29) is 18.0 Å². The highest BCUT2D eigenvalue weighted by atomic mass is 32.2. The molecule has 0 aromatic rings. The molecule has 1 saturated carbocycles. The van der Waals surface area contributed by atoms with Gasteiger partial charge in [-0.3, -0.25) is 0 Å². The van der Waals surface area contributed by atoms with Gasteiger partial charge in [0.1, 0.15) is 0 Å². The van der Waals surface area contributed by atoms with Gasteiger partial charge < -0.3 is 10.4 Å². The van der Waals surface area contributed by atoms with Crippen molar-refractivity contribution in [2.24, 2.45) is 5.41 Å². The standard InChI is InChI=1S/C9H16N2O4S/c1-16(14,15)11-5-7(10-8(12)13)9(6-11)3-2-4-9/h7,10H,2-6H2,1H3,(H,12,13). The number of hydrogen-bond acceptors (Lipinski definition) is 3. The van der Waals surface area contributed by atoms with Gasteiger partial charge in [-0.25, -0.2) is 13.2 Å². The molecule has 1 aliphatic heterocycles. The van der Waals surface area contributed by atoms with Crippen molar-refractivity contribution < 1.29 is 18.3 Å². The van der Waals surface area contributed by atoms with Crippen molar-refractivity contribution in [1.82, 2.24) is 9.62 Å². The zero-order valence-electron chi connectivity index (χ0n) is 9.14. The minimum atomic E-state index is -3.22. The van der Waals surface area contributed by atoms with Crippen LogP contribution < -0.4 is 5.32 Å². The Kier molecular flexibility index (Phi) is 2.62. The van der Waals surface area contributed by atoms with Crippen molar-refractivity contribution in [2.45, 2.75) is 25.3 Å². The van der Waals surface area contributed by atoms with E-state index in [1.807, 2.05) is 0 Å². The summed E-state index contributed by atoms with van der Waals surface area (Å²) in [6, 6.07) is -0.256. The Morgan fingerprint density at radius 1 is 1.50 bits per heavy atom. The molecule has 92 valence electrons. The normalized spacial score (nSPS) is 28.9. The van der Waals surface area contributed by atoms with E-state index in [1.54, 1.807) is 0 Å². The van der Waals surface area contributed by atoms with Crippen molar-refractivity contribution in [1.29, 1.82) is 0 Å². The summed E-state index contributed by atoms with van der Waals surface area (Å²) in [6.45, 7) is 0.724. The fourth-order valence-electron chi connectivity index (χ4n) is 2.66. The van der Waals surface area contributed by atoms with Crippen LogP contribution in [0, 0.1) is 5.41 Å². The third-order valence-corrected chi connectivity index (χ3v) is 4.95. The number of hydrogen-bond donors (Lipinski definition) is 2. The first-order valence-electron chi connectivity index (χ1n) is 5.28. The lowest BCUT2D eigenvalue weighted by molar-refractivity contribution is 0.110. The van der Waals surface area contributed by atoms with Crippen LogP contribution in [0.25, 0.3) is 0 Å². The van der Waals surface area contributed by atoms with Crippen LogP contribution in [0.4, 0.5) is 4.79 Å². The van der Waals surface area contributed by atoms with E-state index in [2.05, 4.69) is 5.32 Å². The highest BCUT2D eigenvalue weighted by Crippen LogP contribution is 2.48. The molecule has 1 spiro atoms. The lowest BCUT2D eigenvalue weighted by atomic mass is 9.66. The number of amides is 1. The molecule has 6 nitrogen and oxygen atoms in total. The first-order chi connectivity index (χ1) is 7.33. The van der Waals surface area contributed by atoms with Crippen molar-refractivity contribution in [3.05, 3.63) is 0 Å². The molecular weight excluding hydrogens is 232 g/mol. The van der Waals surface area contributed by atoms with Gasteiger partial charge in [0.2, 0.25) is 10.0 Å². The minimum absolute atomic E-state index is 0.151. The van der Waals surface area contributed by atoms with Crippen LogP contribution in [0.2, 0.25) is 0 Å². The zero-order chi connectivity index (χ0) is 12.0. The van der Waals surface area contributed by atoms with Gasteiger partial charge >= 0.3 is 6.09 Å². The molecule has 1 heterocycles. The Hall–Kier alpha value is -0.820. The van der Waals surface area contributed by atoms with Crippen LogP contribution in [0.3, 0.4) is 0 Å². The summed E-state index contributed by atoms with van der Waals surface area (Å²) in [6.07, 6.45) is 2.96. The maximum atomic E-state index is 11.4. The largest absolute Gasteiger partial charge is 0.465 e. The van der Waals surface area contributed by atoms with Gasteiger partial charge in [-0.2, -0.15) is 4.31 Å². The first-order valence-corrected chi connectivity index (χ1v) is 7.13. The molecule has 0 aromatic carbocycles. The molecule has 1 saturated heterocycles. The molecule has 2 fully saturated rings. The van der Waals surface area contributed by atoms with E-state index in [4.69, 9.17) is 5.11 Å². The fourth-order valence-corrected chi connectivity index (χ4v) is 3.57. The summed E-state index contributed by atoms with van der Waals surface area (Å²) in [5.41, 5.74) is -0.151. The van der Waals surface area contributed by atoms with Crippen molar-refractivity contribution in [2.75, 3.05) is 19.3 Å². The van der Waals surface area contributed by atoms with Crippen LogP contribution in [0.1, 0.15) is 19.3 Å². The third-order valence-electron chi connectivity index (χ3n) is 3.73. The highest BCUT2D eigenvalue weighted by molar-refractivity contribution is 7.88. The smallest absolute Gasteiger partial charge is 0.404 e. The lowest BCUT2D eigenvalue weighted by Crippen LogP contribution is -2.50. The van der Waals surface area contributed by atoms with Crippen molar-refractivity contribution in [3.63, 3.8) is 0 Å². The maximum absolute atomic E-state index is 11.4. The molecular formula is C9H16N2O4S. The lowest BCUT2D eigenvalue weighted by Gasteiger charge is -2.42. The molecule has 7 heteroatoms. The monoisotopic (exact) mass is 248 g/mol. The SMILES string of the molecule is CS(=O)(=O)N1CC(NC(=O)O)C2(CCC2)C1. The predicted octanol–water partition coefficient (Wildman–Crippen LogP) is 0.0681. The van der Waals surface area contributed by atoms with E-state index in [9.17, 15) is 13.2 Å². The Morgan fingerprint density at radius 2 is 2.12 bits per heavy atom. The molecule has 1 atom stereocenters. The van der Waals surface area contributed by atoms with Crippen LogP contribution in [-0.4, -0.2) is 49.3 Å². The Balaban J connectivity index is 2.15. The molecule has 2 rings (SSSR count). The fraction of sp³-hybridized carbons (Fsp3) is 0.889. The summed E-state index contributed by atoms with van der Waals surface area (Å²) in [5.74, 6) is 0. The summed E-state index contributed by atoms with van der Waals surface area (Å²) in [4.78, 5) is 10.7. The average molecular weight is 248 g/mol. The molecule has 0 aromatic heterocycles. The third kappa shape index (κ3) is 1.89. The topological polar surface area (TPSA) is 86.7 Å². The molecule has 16 heavy (non-hydrogen) atoms. The Labute approximate surface area is 94.7 Å². The second-order valence-corrected chi connectivity index (χ2v) is 6.76. The minimum Gasteiger partial charge on any atom is -0.465 e. The molecule has 0 bridgehead atoms. The average Bonchev–Trinajstić information content (AvgIpc) is 2.40. The van der Waals surface area contributed by atoms with E-state index in [0.717, 1.165) is 19.3 Å². The van der Waals surface area contributed by atoms with Crippen molar-refractivity contribution >= 4 is 16.1 Å². The van der Waals surface area contributed by atoms with Crippen LogP contribution in [-0.2, 0) is 10.0 Å². The quantitative estimate of drug-likeness (QED) is 0.724. The summed E-state index contributed by atoms with van der Waals surface area (Å²) < 4.78 is 24.3. The Morgan fingerprint density at radius 3 is 2.50 bits per heavy atom. The van der Waals surface area contributed by atoms with Gasteiger partial charge in [-0.05, 0) is 12.8 Å². The molecule has 1 amide bonds. The molecule has 1 unspecified atom stereocenters. The number of carbonyl (C=O) groups is 1. The maximum Gasteiger partial charge on any atom is 0.404 e. The van der Waals surface area contributed by atoms with Gasteiger partial charge in [-0.15, -0.1) is 0 Å².